The van der Waals surface area contributed by atoms with Crippen molar-refractivity contribution in [3.05, 3.63) is 35.4 Å². The van der Waals surface area contributed by atoms with E-state index in [2.05, 4.69) is 10.6 Å². The smallest absolute Gasteiger partial charge is 0.221 e. The number of amides is 1. The van der Waals surface area contributed by atoms with Crippen molar-refractivity contribution in [2.45, 2.75) is 25.6 Å². The summed E-state index contributed by atoms with van der Waals surface area (Å²) in [7, 11) is 0. The molecule has 5 heteroatoms. The first-order chi connectivity index (χ1) is 9.28. The second-order valence-electron chi connectivity index (χ2n) is 4.68. The normalized spacial score (nSPS) is 19.1. The number of hydrogen-bond donors (Lipinski definition) is 3. The maximum Gasteiger partial charge on any atom is 0.221 e. The van der Waals surface area contributed by atoms with Gasteiger partial charge in [0.1, 0.15) is 0 Å². The summed E-state index contributed by atoms with van der Waals surface area (Å²) in [5.41, 5.74) is 1.94. The molecule has 1 amide bonds. The molecule has 4 nitrogen and oxygen atoms in total. The van der Waals surface area contributed by atoms with Crippen LogP contribution < -0.4 is 10.6 Å². The van der Waals surface area contributed by atoms with E-state index in [0.29, 0.717) is 19.0 Å². The van der Waals surface area contributed by atoms with Gasteiger partial charge in [-0.05, 0) is 11.1 Å². The van der Waals surface area contributed by atoms with E-state index in [1.54, 1.807) is 0 Å². The first kappa shape index (κ1) is 14.4. The molecule has 1 heterocycles. The van der Waals surface area contributed by atoms with E-state index in [1.165, 1.54) is 0 Å². The van der Waals surface area contributed by atoms with Crippen molar-refractivity contribution in [3.63, 3.8) is 0 Å². The number of aliphatic hydroxyl groups is 1. The second kappa shape index (κ2) is 7.53. The van der Waals surface area contributed by atoms with Gasteiger partial charge in [-0.25, -0.2) is 0 Å². The molecule has 0 aliphatic carbocycles. The summed E-state index contributed by atoms with van der Waals surface area (Å²) in [6.45, 7) is 1.59. The number of hydrogen-bond acceptors (Lipinski definition) is 4. The average molecular weight is 280 g/mol. The van der Waals surface area contributed by atoms with Crippen LogP contribution in [-0.4, -0.2) is 35.1 Å². The van der Waals surface area contributed by atoms with Crippen LogP contribution in [0.1, 0.15) is 17.5 Å². The topological polar surface area (TPSA) is 61.4 Å². The number of nitrogens with one attached hydrogen (secondary N) is 2. The lowest BCUT2D eigenvalue weighted by Gasteiger charge is -2.22. The van der Waals surface area contributed by atoms with Crippen molar-refractivity contribution in [1.29, 1.82) is 0 Å². The Kier molecular flexibility index (Phi) is 5.69. The zero-order valence-electron chi connectivity index (χ0n) is 10.9. The molecule has 2 rings (SSSR count). The molecular formula is C14H20N2O2S. The van der Waals surface area contributed by atoms with Gasteiger partial charge < -0.3 is 15.7 Å². The number of aliphatic hydroxyl groups excluding tert-OH is 1. The fourth-order valence-electron chi connectivity index (χ4n) is 2.01. The van der Waals surface area contributed by atoms with Gasteiger partial charge in [0.05, 0.1) is 6.61 Å². The highest BCUT2D eigenvalue weighted by Crippen LogP contribution is 2.10. The fraction of sp³-hybridized carbons (Fsp3) is 0.500. The van der Waals surface area contributed by atoms with Crippen LogP contribution in [0.15, 0.2) is 24.3 Å². The van der Waals surface area contributed by atoms with Gasteiger partial charge in [-0.2, -0.15) is 11.8 Å². The van der Waals surface area contributed by atoms with Gasteiger partial charge >= 0.3 is 0 Å². The Morgan fingerprint density at radius 2 is 2.11 bits per heavy atom. The predicted molar refractivity (Wildman–Crippen MR) is 77.9 cm³/mol. The molecule has 104 valence electrons. The van der Waals surface area contributed by atoms with Crippen LogP contribution in [0.3, 0.4) is 0 Å². The maximum atomic E-state index is 11.8. The highest BCUT2D eigenvalue weighted by Gasteiger charge is 2.16. The molecule has 0 spiro atoms. The molecule has 1 aliphatic rings. The van der Waals surface area contributed by atoms with E-state index in [-0.39, 0.29) is 12.5 Å². The molecule has 1 aromatic rings. The number of carbonyl (C=O) groups excluding carboxylic acids is 1. The summed E-state index contributed by atoms with van der Waals surface area (Å²) in [5, 5.41) is 15.2. The van der Waals surface area contributed by atoms with Gasteiger partial charge in [-0.1, -0.05) is 24.3 Å². The van der Waals surface area contributed by atoms with Crippen LogP contribution in [-0.2, 0) is 17.9 Å². The molecule has 1 atom stereocenters. The molecule has 1 fully saturated rings. The van der Waals surface area contributed by atoms with Gasteiger partial charge in [0.2, 0.25) is 5.91 Å². The number of benzene rings is 1. The lowest BCUT2D eigenvalue weighted by Crippen LogP contribution is -2.41. The number of thioether (sulfide) groups is 1. The van der Waals surface area contributed by atoms with Gasteiger partial charge in [-0.15, -0.1) is 0 Å². The minimum absolute atomic E-state index is 0.0532. The predicted octanol–water partition coefficient (Wildman–Crippen LogP) is 0.890. The van der Waals surface area contributed by atoms with Crippen molar-refractivity contribution >= 4 is 17.7 Å². The maximum absolute atomic E-state index is 11.8. The third kappa shape index (κ3) is 4.86. The number of carbonyl (C=O) groups is 1. The van der Waals surface area contributed by atoms with Crippen LogP contribution >= 0.6 is 11.8 Å². The minimum Gasteiger partial charge on any atom is -0.392 e. The largest absolute Gasteiger partial charge is 0.392 e. The van der Waals surface area contributed by atoms with E-state index >= 15 is 0 Å². The fourth-order valence-corrected chi connectivity index (χ4v) is 2.96. The van der Waals surface area contributed by atoms with Gasteiger partial charge in [-0.3, -0.25) is 4.79 Å². The molecule has 1 unspecified atom stereocenters. The molecule has 0 radical (unpaired) electrons. The Morgan fingerprint density at radius 3 is 2.74 bits per heavy atom. The van der Waals surface area contributed by atoms with Crippen LogP contribution in [0.5, 0.6) is 0 Å². The SMILES string of the molecule is O=C(CC1CSCCN1)NCc1ccc(CO)cc1. The van der Waals surface area contributed by atoms with Crippen LogP contribution in [0, 0.1) is 0 Å². The Labute approximate surface area is 118 Å². The van der Waals surface area contributed by atoms with E-state index in [0.717, 1.165) is 29.2 Å². The summed E-state index contributed by atoms with van der Waals surface area (Å²) in [6, 6.07) is 7.92. The first-order valence-electron chi connectivity index (χ1n) is 6.54. The van der Waals surface area contributed by atoms with Gasteiger partial charge in [0.15, 0.2) is 0 Å². The Hall–Kier alpha value is -1.04. The summed E-state index contributed by atoms with van der Waals surface area (Å²) >= 11 is 1.90. The second-order valence-corrected chi connectivity index (χ2v) is 5.83. The van der Waals surface area contributed by atoms with Crippen LogP contribution in [0.25, 0.3) is 0 Å². The Bertz CT molecular complexity index is 402. The molecule has 3 N–H and O–H groups in total. The van der Waals surface area contributed by atoms with Gasteiger partial charge in [0, 0.05) is 37.1 Å². The molecule has 0 bridgehead atoms. The molecule has 0 saturated carbocycles. The minimum atomic E-state index is 0.0532. The highest BCUT2D eigenvalue weighted by molar-refractivity contribution is 7.99. The molecule has 0 aromatic heterocycles. The Morgan fingerprint density at radius 1 is 1.37 bits per heavy atom. The molecular weight excluding hydrogens is 260 g/mol. The lowest BCUT2D eigenvalue weighted by molar-refractivity contribution is -0.121. The van der Waals surface area contributed by atoms with Crippen molar-refractivity contribution in [2.75, 3.05) is 18.1 Å². The summed E-state index contributed by atoms with van der Waals surface area (Å²) in [4.78, 5) is 11.8. The van der Waals surface area contributed by atoms with E-state index < -0.39 is 0 Å². The first-order valence-corrected chi connectivity index (χ1v) is 7.70. The Balaban J connectivity index is 1.72. The van der Waals surface area contributed by atoms with Gasteiger partial charge in [0.25, 0.3) is 0 Å². The quantitative estimate of drug-likeness (QED) is 0.750. The van der Waals surface area contributed by atoms with Crippen LogP contribution in [0.2, 0.25) is 0 Å². The third-order valence-electron chi connectivity index (χ3n) is 3.13. The standard InChI is InChI=1S/C14H20N2O2S/c17-9-12-3-1-11(2-4-12)8-16-14(18)7-13-10-19-6-5-15-13/h1-4,13,15,17H,5-10H2,(H,16,18). The average Bonchev–Trinajstić information content (AvgIpc) is 2.47. The van der Waals surface area contributed by atoms with Crippen molar-refractivity contribution in [3.8, 4) is 0 Å². The van der Waals surface area contributed by atoms with Crippen molar-refractivity contribution in [2.24, 2.45) is 0 Å². The summed E-state index contributed by atoms with van der Waals surface area (Å²) in [5.74, 6) is 2.24. The van der Waals surface area contributed by atoms with Crippen molar-refractivity contribution < 1.29 is 9.90 Å². The highest BCUT2D eigenvalue weighted by atomic mass is 32.2. The molecule has 1 saturated heterocycles. The van der Waals surface area contributed by atoms with Crippen molar-refractivity contribution in [1.82, 2.24) is 10.6 Å². The summed E-state index contributed by atoms with van der Waals surface area (Å²) in [6.07, 6.45) is 0.543. The molecule has 1 aliphatic heterocycles. The monoisotopic (exact) mass is 280 g/mol. The third-order valence-corrected chi connectivity index (χ3v) is 4.26. The molecule has 19 heavy (non-hydrogen) atoms. The summed E-state index contributed by atoms with van der Waals surface area (Å²) < 4.78 is 0. The van der Waals surface area contributed by atoms with E-state index in [9.17, 15) is 4.79 Å². The lowest BCUT2D eigenvalue weighted by atomic mass is 10.1. The van der Waals surface area contributed by atoms with Crippen LogP contribution in [0.4, 0.5) is 0 Å². The molecule has 1 aromatic carbocycles. The zero-order chi connectivity index (χ0) is 13.5. The van der Waals surface area contributed by atoms with E-state index in [4.69, 9.17) is 5.11 Å². The zero-order valence-corrected chi connectivity index (χ0v) is 11.7. The number of rotatable bonds is 5. The van der Waals surface area contributed by atoms with E-state index in [1.807, 2.05) is 36.0 Å².